The number of carbonyl (C=O) groups is 1. The molecular weight excluding hydrogens is 229 g/mol. The first-order chi connectivity index (χ1) is 6.50. The first-order valence-electron chi connectivity index (χ1n) is 3.62. The van der Waals surface area contributed by atoms with Gasteiger partial charge in [0.25, 0.3) is 5.69 Å². The fraction of sp³-hybridized carbons (Fsp3) is 0.125. The van der Waals surface area contributed by atoms with Crippen molar-refractivity contribution in [3.8, 4) is 0 Å². The van der Waals surface area contributed by atoms with Gasteiger partial charge < -0.3 is 0 Å². The van der Waals surface area contributed by atoms with Crippen LogP contribution in [0.25, 0.3) is 0 Å². The van der Waals surface area contributed by atoms with Crippen LogP contribution in [0.3, 0.4) is 0 Å². The molecule has 0 heterocycles. The molecule has 0 saturated carbocycles. The Kier molecular flexibility index (Phi) is 3.43. The molecule has 1 rings (SSSR count). The highest BCUT2D eigenvalue weighted by atomic mass is 35.5. The Morgan fingerprint density at radius 2 is 2.14 bits per heavy atom. The topological polar surface area (TPSA) is 60.2 Å². The number of nitrogens with zero attached hydrogens (tertiary/aromatic N) is 1. The van der Waals surface area contributed by atoms with Gasteiger partial charge in [-0.05, 0) is 17.2 Å². The second-order valence-electron chi connectivity index (χ2n) is 2.56. The van der Waals surface area contributed by atoms with Crippen molar-refractivity contribution in [3.63, 3.8) is 0 Å². The highest BCUT2D eigenvalue weighted by molar-refractivity contribution is 6.63. The molecule has 0 atom stereocenters. The summed E-state index contributed by atoms with van der Waals surface area (Å²) in [6, 6.07) is 3.89. The Morgan fingerprint density at radius 3 is 2.57 bits per heavy atom. The third kappa shape index (κ3) is 2.68. The molecule has 0 aliphatic heterocycles. The maximum absolute atomic E-state index is 10.6. The van der Waals surface area contributed by atoms with Crippen molar-refractivity contribution in [2.75, 3.05) is 0 Å². The van der Waals surface area contributed by atoms with Gasteiger partial charge in [-0.15, -0.1) is 0 Å². The fourth-order valence-electron chi connectivity index (χ4n) is 0.943. The molecule has 6 heteroatoms. The van der Waals surface area contributed by atoms with Gasteiger partial charge in [-0.2, -0.15) is 0 Å². The maximum Gasteiger partial charge on any atom is 0.270 e. The van der Waals surface area contributed by atoms with Gasteiger partial charge in [-0.1, -0.05) is 17.7 Å². The average molecular weight is 234 g/mol. The molecule has 0 spiro atoms. The summed E-state index contributed by atoms with van der Waals surface area (Å²) in [6.45, 7) is 0. The summed E-state index contributed by atoms with van der Waals surface area (Å²) in [5.41, 5.74) is 0.373. The standard InChI is InChI=1S/C8H5Cl2NO3/c9-7-4-6(11(13)14)2-1-5(7)3-8(10)12/h1-2,4H,3H2. The Balaban J connectivity index is 3.01. The molecular formula is C8H5Cl2NO3. The largest absolute Gasteiger partial charge is 0.281 e. The van der Waals surface area contributed by atoms with E-state index in [0.717, 1.165) is 0 Å². The van der Waals surface area contributed by atoms with Crippen molar-refractivity contribution in [1.29, 1.82) is 0 Å². The van der Waals surface area contributed by atoms with Crippen LogP contribution in [0.4, 0.5) is 5.69 Å². The number of non-ortho nitro benzene ring substituents is 1. The molecule has 74 valence electrons. The molecule has 0 aromatic heterocycles. The minimum absolute atomic E-state index is 0.0294. The molecule has 4 nitrogen and oxygen atoms in total. The number of hydrogen-bond donors (Lipinski definition) is 0. The number of halogens is 2. The lowest BCUT2D eigenvalue weighted by atomic mass is 10.1. The molecule has 14 heavy (non-hydrogen) atoms. The zero-order valence-corrected chi connectivity index (χ0v) is 8.38. The summed E-state index contributed by atoms with van der Waals surface area (Å²) < 4.78 is 0. The van der Waals surface area contributed by atoms with Crippen molar-refractivity contribution in [2.45, 2.75) is 6.42 Å². The van der Waals surface area contributed by atoms with Gasteiger partial charge in [-0.25, -0.2) is 0 Å². The average Bonchev–Trinajstić information content (AvgIpc) is 2.07. The summed E-state index contributed by atoms with van der Waals surface area (Å²) in [5.74, 6) is 0. The van der Waals surface area contributed by atoms with Crippen LogP contribution in [0.2, 0.25) is 5.02 Å². The van der Waals surface area contributed by atoms with E-state index in [-0.39, 0.29) is 17.1 Å². The molecule has 1 aromatic carbocycles. The van der Waals surface area contributed by atoms with E-state index in [4.69, 9.17) is 23.2 Å². The summed E-state index contributed by atoms with van der Waals surface area (Å²) in [6.07, 6.45) is -0.0294. The summed E-state index contributed by atoms with van der Waals surface area (Å²) in [4.78, 5) is 20.3. The lowest BCUT2D eigenvalue weighted by Crippen LogP contribution is -1.95. The first-order valence-corrected chi connectivity index (χ1v) is 4.37. The predicted molar refractivity (Wildman–Crippen MR) is 52.7 cm³/mol. The molecule has 0 aliphatic carbocycles. The number of rotatable bonds is 3. The van der Waals surface area contributed by atoms with Crippen LogP contribution in [0.1, 0.15) is 5.56 Å². The molecule has 0 saturated heterocycles. The van der Waals surface area contributed by atoms with Crippen LogP contribution >= 0.6 is 23.2 Å². The van der Waals surface area contributed by atoms with Gasteiger partial charge in [0.1, 0.15) is 0 Å². The molecule has 0 N–H and O–H groups in total. The highest BCUT2D eigenvalue weighted by Gasteiger charge is 2.10. The number of nitro benzene ring substituents is 1. The zero-order chi connectivity index (χ0) is 10.7. The Bertz CT molecular complexity index is 392. The second kappa shape index (κ2) is 4.39. The van der Waals surface area contributed by atoms with Crippen molar-refractivity contribution < 1.29 is 9.72 Å². The van der Waals surface area contributed by atoms with Crippen LogP contribution in [-0.2, 0) is 11.2 Å². The van der Waals surface area contributed by atoms with Gasteiger partial charge in [0.05, 0.1) is 9.95 Å². The summed E-state index contributed by atoms with van der Waals surface area (Å²) >= 11 is 10.9. The van der Waals surface area contributed by atoms with Crippen molar-refractivity contribution in [3.05, 3.63) is 38.9 Å². The van der Waals surface area contributed by atoms with E-state index in [2.05, 4.69) is 0 Å². The lowest BCUT2D eigenvalue weighted by Gasteiger charge is -1.99. The minimum atomic E-state index is -0.557. The predicted octanol–water partition coefficient (Wildman–Crippen LogP) is 2.56. The number of carbonyl (C=O) groups excluding carboxylic acids is 1. The van der Waals surface area contributed by atoms with Crippen LogP contribution < -0.4 is 0 Å². The smallest absolute Gasteiger partial charge is 0.270 e. The molecule has 0 radical (unpaired) electrons. The lowest BCUT2D eigenvalue weighted by molar-refractivity contribution is -0.384. The van der Waals surface area contributed by atoms with Gasteiger partial charge in [0.15, 0.2) is 0 Å². The normalized spacial score (nSPS) is 9.86. The molecule has 0 bridgehead atoms. The zero-order valence-electron chi connectivity index (χ0n) is 6.87. The van der Waals surface area contributed by atoms with Crippen LogP contribution in [0.15, 0.2) is 18.2 Å². The molecule has 0 fully saturated rings. The molecule has 0 amide bonds. The van der Waals surface area contributed by atoms with Crippen LogP contribution in [0, 0.1) is 10.1 Å². The number of hydrogen-bond acceptors (Lipinski definition) is 3. The summed E-state index contributed by atoms with van der Waals surface area (Å²) in [5, 5.41) is 9.96. The molecule has 1 aromatic rings. The SMILES string of the molecule is O=C(Cl)Cc1ccc([N+](=O)[O-])cc1Cl. The van der Waals surface area contributed by atoms with E-state index >= 15 is 0 Å². The third-order valence-corrected chi connectivity index (χ3v) is 2.06. The van der Waals surface area contributed by atoms with Crippen molar-refractivity contribution >= 4 is 34.1 Å². The van der Waals surface area contributed by atoms with E-state index in [9.17, 15) is 14.9 Å². The highest BCUT2D eigenvalue weighted by Crippen LogP contribution is 2.23. The van der Waals surface area contributed by atoms with Gasteiger partial charge in [-0.3, -0.25) is 14.9 Å². The molecule has 0 aliphatic rings. The van der Waals surface area contributed by atoms with Crippen molar-refractivity contribution in [2.24, 2.45) is 0 Å². The summed E-state index contributed by atoms with van der Waals surface area (Å²) in [7, 11) is 0. The second-order valence-corrected chi connectivity index (χ2v) is 3.39. The number of nitro groups is 1. The monoisotopic (exact) mass is 233 g/mol. The van der Waals surface area contributed by atoms with E-state index in [1.165, 1.54) is 18.2 Å². The third-order valence-electron chi connectivity index (χ3n) is 1.58. The van der Waals surface area contributed by atoms with Gasteiger partial charge in [0.2, 0.25) is 5.24 Å². The maximum atomic E-state index is 10.6. The Morgan fingerprint density at radius 1 is 1.50 bits per heavy atom. The number of benzene rings is 1. The van der Waals surface area contributed by atoms with Crippen LogP contribution in [0.5, 0.6) is 0 Å². The van der Waals surface area contributed by atoms with Gasteiger partial charge >= 0.3 is 0 Å². The van der Waals surface area contributed by atoms with Crippen molar-refractivity contribution in [1.82, 2.24) is 0 Å². The fourth-order valence-corrected chi connectivity index (χ4v) is 1.33. The van der Waals surface area contributed by atoms with E-state index < -0.39 is 10.2 Å². The van der Waals surface area contributed by atoms with Crippen LogP contribution in [-0.4, -0.2) is 10.2 Å². The first kappa shape index (κ1) is 10.9. The van der Waals surface area contributed by atoms with Gasteiger partial charge in [0, 0.05) is 18.6 Å². The van der Waals surface area contributed by atoms with E-state index in [0.29, 0.717) is 5.56 Å². The Labute approximate surface area is 89.6 Å². The Hall–Kier alpha value is -1.13. The minimum Gasteiger partial charge on any atom is -0.281 e. The molecule has 0 unspecified atom stereocenters. The van der Waals surface area contributed by atoms with E-state index in [1.54, 1.807) is 0 Å². The quantitative estimate of drug-likeness (QED) is 0.458. The van der Waals surface area contributed by atoms with E-state index in [1.807, 2.05) is 0 Å².